The Labute approximate surface area is 179 Å². The Hall–Kier alpha value is -2.19. The van der Waals surface area contributed by atoms with E-state index in [1.54, 1.807) is 0 Å². The van der Waals surface area contributed by atoms with Crippen LogP contribution in [-0.4, -0.2) is 45.8 Å². The van der Waals surface area contributed by atoms with E-state index in [1.165, 1.54) is 19.3 Å². The van der Waals surface area contributed by atoms with E-state index in [4.69, 9.17) is 18.5 Å². The number of benzene rings is 1. The molecule has 2 unspecified atom stereocenters. The molecule has 156 valence electrons. The Morgan fingerprint density at radius 3 is 2.83 bits per heavy atom. The predicted molar refractivity (Wildman–Crippen MR) is 104 cm³/mol. The summed E-state index contributed by atoms with van der Waals surface area (Å²) in [5, 5.41) is 1.71. The maximum absolute atomic E-state index is 15.6. The molecule has 0 radical (unpaired) electrons. The first-order valence-corrected chi connectivity index (χ1v) is 9.15. The SMILES string of the molecule is [2H]C([2H])(C)c1cnc(CNC([2H])(F)C2(F)CCN(C(=O)c3ccc(F)c(Cl)c3)C([2H])([2H])C2)nc1. The van der Waals surface area contributed by atoms with Gasteiger partial charge in [-0.3, -0.25) is 10.1 Å². The topological polar surface area (TPSA) is 58.1 Å². The molecule has 0 spiro atoms. The van der Waals surface area contributed by atoms with Gasteiger partial charge in [0.25, 0.3) is 5.91 Å². The number of carbonyl (C=O) groups excluding carboxylic acids is 1. The third-order valence-electron chi connectivity index (χ3n) is 4.48. The molecule has 2 atom stereocenters. The third-order valence-corrected chi connectivity index (χ3v) is 4.77. The van der Waals surface area contributed by atoms with Crippen molar-refractivity contribution < 1.29 is 24.8 Å². The van der Waals surface area contributed by atoms with E-state index in [9.17, 15) is 9.18 Å². The summed E-state index contributed by atoms with van der Waals surface area (Å²) in [6, 6.07) is 3.07. The van der Waals surface area contributed by atoms with Gasteiger partial charge in [-0.1, -0.05) is 18.5 Å². The molecule has 1 aliphatic rings. The summed E-state index contributed by atoms with van der Waals surface area (Å²) in [4.78, 5) is 21.2. The molecule has 1 aromatic heterocycles. The minimum atomic E-state index is -3.45. The Morgan fingerprint density at radius 1 is 1.48 bits per heavy atom. The van der Waals surface area contributed by atoms with Crippen molar-refractivity contribution in [3.63, 3.8) is 0 Å². The molecule has 1 fully saturated rings. The van der Waals surface area contributed by atoms with Crippen molar-refractivity contribution in [1.29, 1.82) is 0 Å². The van der Waals surface area contributed by atoms with Crippen LogP contribution in [0.1, 0.15) is 48.4 Å². The summed E-state index contributed by atoms with van der Waals surface area (Å²) in [7, 11) is 0. The number of alkyl halides is 2. The molecule has 1 N–H and O–H groups in total. The smallest absolute Gasteiger partial charge is 0.253 e. The number of likely N-dealkylation sites (tertiary alicyclic amines) is 1. The number of hydrogen-bond acceptors (Lipinski definition) is 4. The summed E-state index contributed by atoms with van der Waals surface area (Å²) < 4.78 is 83.5. The van der Waals surface area contributed by atoms with E-state index >= 15 is 8.78 Å². The van der Waals surface area contributed by atoms with Crippen LogP contribution in [0.4, 0.5) is 13.2 Å². The van der Waals surface area contributed by atoms with Crippen molar-refractivity contribution in [1.82, 2.24) is 20.2 Å². The summed E-state index contributed by atoms with van der Waals surface area (Å²) in [6.07, 6.45) is -4.56. The molecule has 2 heterocycles. The first-order valence-electron chi connectivity index (χ1n) is 11.3. The maximum atomic E-state index is 15.6. The third kappa shape index (κ3) is 5.05. The zero-order chi connectivity index (χ0) is 25.5. The van der Waals surface area contributed by atoms with Gasteiger partial charge >= 0.3 is 0 Å². The predicted octanol–water partition coefficient (Wildman–Crippen LogP) is 3.86. The van der Waals surface area contributed by atoms with Crippen LogP contribution in [0.2, 0.25) is 5.02 Å². The fourth-order valence-electron chi connectivity index (χ4n) is 2.71. The average Bonchev–Trinajstić information content (AvgIpc) is 2.73. The van der Waals surface area contributed by atoms with Gasteiger partial charge in [0.05, 0.1) is 12.9 Å². The van der Waals surface area contributed by atoms with Crippen molar-refractivity contribution >= 4 is 17.5 Å². The molecule has 1 aromatic carbocycles. The average molecular weight is 432 g/mol. The number of aryl methyl sites for hydroxylation is 1. The molecule has 0 aliphatic carbocycles. The second kappa shape index (κ2) is 9.09. The number of halogens is 4. The largest absolute Gasteiger partial charge is 0.338 e. The normalized spacial score (nSPS) is 26.4. The molecule has 0 saturated carbocycles. The van der Waals surface area contributed by atoms with Crippen molar-refractivity contribution in [2.75, 3.05) is 13.0 Å². The lowest BCUT2D eigenvalue weighted by Gasteiger charge is -2.38. The van der Waals surface area contributed by atoms with Gasteiger partial charge in [-0.05, 0) is 30.1 Å². The first-order chi connectivity index (χ1) is 15.6. The highest BCUT2D eigenvalue weighted by atomic mass is 35.5. The van der Waals surface area contributed by atoms with Gasteiger partial charge in [0.1, 0.15) is 11.6 Å². The Balaban J connectivity index is 1.71. The second-order valence-electron chi connectivity index (χ2n) is 6.44. The van der Waals surface area contributed by atoms with Crippen LogP contribution in [-0.2, 0) is 12.9 Å². The molecule has 5 nitrogen and oxygen atoms in total. The van der Waals surface area contributed by atoms with E-state index in [0.29, 0.717) is 4.90 Å². The molecular formula is C20H22ClF3N4O. The van der Waals surface area contributed by atoms with Gasteiger partial charge < -0.3 is 4.90 Å². The summed E-state index contributed by atoms with van der Waals surface area (Å²) in [5.74, 6) is -1.66. The van der Waals surface area contributed by atoms with Crippen molar-refractivity contribution in [3.8, 4) is 0 Å². The van der Waals surface area contributed by atoms with Crippen LogP contribution in [0.3, 0.4) is 0 Å². The summed E-state index contributed by atoms with van der Waals surface area (Å²) in [6.45, 7) is -2.36. The molecule has 0 bridgehead atoms. The van der Waals surface area contributed by atoms with E-state index in [-0.39, 0.29) is 22.0 Å². The molecule has 9 heteroatoms. The number of hydrogen-bond donors (Lipinski definition) is 1. The minimum absolute atomic E-state index is 0.0188. The highest BCUT2D eigenvalue weighted by Crippen LogP contribution is 2.32. The van der Waals surface area contributed by atoms with Gasteiger partial charge in [-0.15, -0.1) is 0 Å². The Bertz CT molecular complexity index is 1070. The molecule has 3 rings (SSSR count). The van der Waals surface area contributed by atoms with Gasteiger partial charge in [-0.2, -0.15) is 0 Å². The zero-order valence-electron chi connectivity index (χ0n) is 20.5. The molecule has 29 heavy (non-hydrogen) atoms. The van der Waals surface area contributed by atoms with Crippen LogP contribution < -0.4 is 5.32 Å². The second-order valence-corrected chi connectivity index (χ2v) is 6.85. The summed E-state index contributed by atoms with van der Waals surface area (Å²) >= 11 is 5.68. The van der Waals surface area contributed by atoms with Crippen LogP contribution in [0, 0.1) is 5.82 Å². The highest BCUT2D eigenvalue weighted by molar-refractivity contribution is 6.31. The lowest BCUT2D eigenvalue weighted by Crippen LogP contribution is -2.53. The first kappa shape index (κ1) is 15.6. The van der Waals surface area contributed by atoms with E-state index < -0.39 is 62.5 Å². The quantitative estimate of drug-likeness (QED) is 0.705. The number of amides is 1. The lowest BCUT2D eigenvalue weighted by atomic mass is 9.91. The Morgan fingerprint density at radius 2 is 2.21 bits per heavy atom. The van der Waals surface area contributed by atoms with E-state index in [1.807, 2.05) is 5.32 Å². The van der Waals surface area contributed by atoms with Crippen molar-refractivity contribution in [2.45, 2.75) is 44.6 Å². The molecule has 2 aromatic rings. The summed E-state index contributed by atoms with van der Waals surface area (Å²) in [5.41, 5.74) is -2.94. The number of aromatic nitrogens is 2. The maximum Gasteiger partial charge on any atom is 0.253 e. The van der Waals surface area contributed by atoms with Crippen LogP contribution >= 0.6 is 11.6 Å². The van der Waals surface area contributed by atoms with E-state index in [0.717, 1.165) is 18.2 Å². The van der Waals surface area contributed by atoms with Gasteiger partial charge in [0.15, 0.2) is 11.9 Å². The fourth-order valence-corrected chi connectivity index (χ4v) is 2.89. The number of carbonyl (C=O) groups is 1. The molecular weight excluding hydrogens is 405 g/mol. The van der Waals surface area contributed by atoms with Crippen LogP contribution in [0.5, 0.6) is 0 Å². The lowest BCUT2D eigenvalue weighted by molar-refractivity contribution is -0.0214. The highest BCUT2D eigenvalue weighted by Gasteiger charge is 2.43. The van der Waals surface area contributed by atoms with E-state index in [2.05, 4.69) is 9.97 Å². The Kier molecular flexibility index (Phi) is 4.90. The number of nitrogens with zero attached hydrogens (tertiary/aromatic N) is 3. The molecule has 1 amide bonds. The zero-order valence-corrected chi connectivity index (χ0v) is 16.2. The number of piperidine rings is 1. The molecule has 1 saturated heterocycles. The monoisotopic (exact) mass is 431 g/mol. The minimum Gasteiger partial charge on any atom is -0.338 e. The van der Waals surface area contributed by atoms with Gasteiger partial charge in [0.2, 0.25) is 0 Å². The van der Waals surface area contributed by atoms with Gasteiger partial charge in [0, 0.05) is 49.3 Å². The number of nitrogens with one attached hydrogen (secondary N) is 1. The fraction of sp³-hybridized carbons (Fsp3) is 0.450. The van der Waals surface area contributed by atoms with Crippen LogP contribution in [0.25, 0.3) is 0 Å². The van der Waals surface area contributed by atoms with Crippen molar-refractivity contribution in [2.24, 2.45) is 0 Å². The standard InChI is InChI=1S/C20H22ClF3N4O/c1-2-13-10-25-17(26-11-13)12-27-19(23)20(24)5-7-28(8-6-20)18(29)14-3-4-16(22)15(21)9-14/h3-4,9-11,19,27H,2,5-8,12H2,1H3/i2D2,7D2,19D. The van der Waals surface area contributed by atoms with Gasteiger partial charge in [-0.25, -0.2) is 23.1 Å². The molecule has 1 aliphatic heterocycles. The number of rotatable bonds is 6. The van der Waals surface area contributed by atoms with Crippen LogP contribution in [0.15, 0.2) is 30.6 Å². The van der Waals surface area contributed by atoms with Crippen molar-refractivity contribution in [3.05, 3.63) is 58.4 Å².